The van der Waals surface area contributed by atoms with E-state index in [9.17, 15) is 9.59 Å². The molecule has 0 spiro atoms. The molecule has 1 saturated carbocycles. The van der Waals surface area contributed by atoms with E-state index in [1.54, 1.807) is 0 Å². The number of aliphatic carboxylic acids is 1. The summed E-state index contributed by atoms with van der Waals surface area (Å²) >= 11 is 0. The Hall–Kier alpha value is -1.10. The third-order valence-electron chi connectivity index (χ3n) is 4.53. The summed E-state index contributed by atoms with van der Waals surface area (Å²) in [6.07, 6.45) is 7.58. The number of amides is 1. The molecular formula is C15H25NO4. The molecule has 1 amide bonds. The third-order valence-corrected chi connectivity index (χ3v) is 4.53. The fourth-order valence-corrected chi connectivity index (χ4v) is 3.47. The van der Waals surface area contributed by atoms with Crippen molar-refractivity contribution < 1.29 is 19.4 Å². The molecule has 20 heavy (non-hydrogen) atoms. The van der Waals surface area contributed by atoms with E-state index in [4.69, 9.17) is 9.84 Å². The number of carbonyl (C=O) groups is 2. The minimum atomic E-state index is -0.793. The normalized spacial score (nSPS) is 25.3. The van der Waals surface area contributed by atoms with Crippen molar-refractivity contribution in [1.82, 2.24) is 5.32 Å². The lowest BCUT2D eigenvalue weighted by molar-refractivity contribution is -0.141. The molecule has 5 nitrogen and oxygen atoms in total. The molecule has 2 N–H and O–H groups in total. The van der Waals surface area contributed by atoms with E-state index in [-0.39, 0.29) is 23.8 Å². The molecule has 5 heteroatoms. The number of nitrogens with one attached hydrogen (secondary N) is 1. The first-order valence-electron chi connectivity index (χ1n) is 7.70. The van der Waals surface area contributed by atoms with E-state index in [0.29, 0.717) is 13.0 Å². The van der Waals surface area contributed by atoms with Crippen LogP contribution in [0.5, 0.6) is 0 Å². The van der Waals surface area contributed by atoms with Gasteiger partial charge in [-0.2, -0.15) is 0 Å². The maximum atomic E-state index is 12.1. The van der Waals surface area contributed by atoms with Crippen molar-refractivity contribution in [3.8, 4) is 0 Å². The van der Waals surface area contributed by atoms with Gasteiger partial charge in [0.15, 0.2) is 0 Å². The van der Waals surface area contributed by atoms with Gasteiger partial charge in [0.25, 0.3) is 0 Å². The number of hydrogen-bond donors (Lipinski definition) is 2. The Morgan fingerprint density at radius 3 is 2.50 bits per heavy atom. The fourth-order valence-electron chi connectivity index (χ4n) is 3.47. The van der Waals surface area contributed by atoms with E-state index in [0.717, 1.165) is 51.6 Å². The summed E-state index contributed by atoms with van der Waals surface area (Å²) in [5, 5.41) is 12.0. The number of rotatable bonds is 6. The minimum Gasteiger partial charge on any atom is -0.481 e. The molecule has 1 aliphatic carbocycles. The van der Waals surface area contributed by atoms with Crippen LogP contribution in [0.15, 0.2) is 0 Å². The van der Waals surface area contributed by atoms with Gasteiger partial charge in [0.2, 0.25) is 5.91 Å². The maximum absolute atomic E-state index is 12.1. The van der Waals surface area contributed by atoms with Crippen molar-refractivity contribution in [2.45, 2.75) is 63.9 Å². The molecule has 1 aliphatic heterocycles. The molecule has 1 atom stereocenters. The molecule has 1 saturated heterocycles. The van der Waals surface area contributed by atoms with E-state index < -0.39 is 5.97 Å². The Morgan fingerprint density at radius 2 is 1.90 bits per heavy atom. The Bertz CT molecular complexity index is 344. The zero-order chi connectivity index (χ0) is 14.4. The van der Waals surface area contributed by atoms with Crippen LogP contribution in [0.3, 0.4) is 0 Å². The molecule has 1 heterocycles. The van der Waals surface area contributed by atoms with Gasteiger partial charge in [0, 0.05) is 19.6 Å². The molecule has 0 aromatic heterocycles. The second kappa shape index (κ2) is 7.07. The van der Waals surface area contributed by atoms with Crippen LogP contribution in [0, 0.1) is 5.41 Å². The zero-order valence-electron chi connectivity index (χ0n) is 12.0. The molecule has 114 valence electrons. The molecular weight excluding hydrogens is 258 g/mol. The molecule has 0 aromatic carbocycles. The van der Waals surface area contributed by atoms with Crippen molar-refractivity contribution in [3.63, 3.8) is 0 Å². The number of carboxylic acid groups (broad SMARTS) is 1. The van der Waals surface area contributed by atoms with Crippen molar-refractivity contribution in [2.75, 3.05) is 13.2 Å². The van der Waals surface area contributed by atoms with Gasteiger partial charge in [0.1, 0.15) is 0 Å². The predicted molar refractivity (Wildman–Crippen MR) is 74.4 cm³/mol. The summed E-state index contributed by atoms with van der Waals surface area (Å²) in [6, 6.07) is 0. The molecule has 0 aromatic rings. The quantitative estimate of drug-likeness (QED) is 0.782. The van der Waals surface area contributed by atoms with Crippen LogP contribution in [0.4, 0.5) is 0 Å². The molecule has 2 fully saturated rings. The summed E-state index contributed by atoms with van der Waals surface area (Å²) in [5.41, 5.74) is -0.329. The average Bonchev–Trinajstić information content (AvgIpc) is 2.89. The Morgan fingerprint density at radius 1 is 1.15 bits per heavy atom. The van der Waals surface area contributed by atoms with Crippen LogP contribution in [-0.2, 0) is 14.3 Å². The molecule has 2 rings (SSSR count). The van der Waals surface area contributed by atoms with E-state index in [1.165, 1.54) is 0 Å². The van der Waals surface area contributed by atoms with Crippen molar-refractivity contribution in [2.24, 2.45) is 5.41 Å². The lowest BCUT2D eigenvalue weighted by Gasteiger charge is -2.35. The van der Waals surface area contributed by atoms with Crippen LogP contribution in [-0.4, -0.2) is 36.2 Å². The van der Waals surface area contributed by atoms with Gasteiger partial charge in [-0.25, -0.2) is 0 Å². The molecule has 2 aliphatic rings. The van der Waals surface area contributed by atoms with Crippen molar-refractivity contribution in [3.05, 3.63) is 0 Å². The summed E-state index contributed by atoms with van der Waals surface area (Å²) in [6.45, 7) is 1.34. The lowest BCUT2D eigenvalue weighted by Crippen LogP contribution is -2.38. The van der Waals surface area contributed by atoms with Gasteiger partial charge in [0.05, 0.1) is 12.5 Å². The van der Waals surface area contributed by atoms with Crippen LogP contribution in [0.1, 0.15) is 57.8 Å². The van der Waals surface area contributed by atoms with Crippen molar-refractivity contribution in [1.29, 1.82) is 0 Å². The fraction of sp³-hybridized carbons (Fsp3) is 0.867. The number of carbonyl (C=O) groups excluding carboxylic acids is 1. The van der Waals surface area contributed by atoms with Gasteiger partial charge in [-0.05, 0) is 31.1 Å². The molecule has 0 bridgehead atoms. The maximum Gasteiger partial charge on any atom is 0.303 e. The zero-order valence-corrected chi connectivity index (χ0v) is 12.0. The SMILES string of the molecule is O=C(O)CC1(CC(=O)NCC2CCCO2)CCCCC1. The van der Waals surface area contributed by atoms with E-state index in [2.05, 4.69) is 5.32 Å². The predicted octanol–water partition coefficient (Wildman–Crippen LogP) is 2.10. The smallest absolute Gasteiger partial charge is 0.303 e. The second-order valence-corrected chi connectivity index (χ2v) is 6.25. The second-order valence-electron chi connectivity index (χ2n) is 6.25. The third kappa shape index (κ3) is 4.47. The minimum absolute atomic E-state index is 0.0244. The average molecular weight is 283 g/mol. The van der Waals surface area contributed by atoms with Crippen LogP contribution in [0.2, 0.25) is 0 Å². The highest BCUT2D eigenvalue weighted by Gasteiger charge is 2.36. The summed E-state index contributed by atoms with van der Waals surface area (Å²) in [5.74, 6) is -0.817. The first-order valence-corrected chi connectivity index (χ1v) is 7.70. The lowest BCUT2D eigenvalue weighted by atomic mass is 9.69. The van der Waals surface area contributed by atoms with Gasteiger partial charge >= 0.3 is 5.97 Å². The Balaban J connectivity index is 1.82. The number of carboxylic acids is 1. The number of ether oxygens (including phenoxy) is 1. The Labute approximate surface area is 120 Å². The van der Waals surface area contributed by atoms with Crippen LogP contribution >= 0.6 is 0 Å². The van der Waals surface area contributed by atoms with Gasteiger partial charge in [-0.1, -0.05) is 19.3 Å². The summed E-state index contributed by atoms with van der Waals surface area (Å²) < 4.78 is 5.47. The number of hydrogen-bond acceptors (Lipinski definition) is 3. The van der Waals surface area contributed by atoms with Gasteiger partial charge in [-0.15, -0.1) is 0 Å². The highest BCUT2D eigenvalue weighted by Crippen LogP contribution is 2.42. The highest BCUT2D eigenvalue weighted by molar-refractivity contribution is 5.78. The monoisotopic (exact) mass is 283 g/mol. The van der Waals surface area contributed by atoms with E-state index >= 15 is 0 Å². The standard InChI is InChI=1S/C15H25NO4/c17-13(16-11-12-5-4-8-20-12)9-15(10-14(18)19)6-2-1-3-7-15/h12H,1-11H2,(H,16,17)(H,18,19). The first-order chi connectivity index (χ1) is 9.60. The van der Waals surface area contributed by atoms with Crippen molar-refractivity contribution >= 4 is 11.9 Å². The molecule has 0 radical (unpaired) electrons. The first kappa shape index (κ1) is 15.3. The van der Waals surface area contributed by atoms with E-state index in [1.807, 2.05) is 0 Å². The topological polar surface area (TPSA) is 75.6 Å². The van der Waals surface area contributed by atoms with Crippen LogP contribution < -0.4 is 5.32 Å². The summed E-state index contributed by atoms with van der Waals surface area (Å²) in [7, 11) is 0. The van der Waals surface area contributed by atoms with Gasteiger partial charge in [-0.3, -0.25) is 9.59 Å². The largest absolute Gasteiger partial charge is 0.481 e. The molecule has 1 unspecified atom stereocenters. The van der Waals surface area contributed by atoms with Crippen LogP contribution in [0.25, 0.3) is 0 Å². The highest BCUT2D eigenvalue weighted by atomic mass is 16.5. The summed E-state index contributed by atoms with van der Waals surface area (Å²) in [4.78, 5) is 23.2. The Kier molecular flexibility index (Phi) is 5.40. The van der Waals surface area contributed by atoms with Gasteiger partial charge < -0.3 is 15.2 Å².